The predicted octanol–water partition coefficient (Wildman–Crippen LogP) is 2.06. The summed E-state index contributed by atoms with van der Waals surface area (Å²) in [5.74, 6) is 0. The van der Waals surface area contributed by atoms with E-state index in [1.165, 1.54) is 16.7 Å². The number of nitrogens with one attached hydrogen (secondary N) is 1. The molecule has 1 heterocycles. The van der Waals surface area contributed by atoms with E-state index in [4.69, 9.17) is 5.73 Å². The van der Waals surface area contributed by atoms with E-state index < -0.39 is 0 Å². The average molecular weight is 204 g/mol. The number of hydrogen-bond donors (Lipinski definition) is 2. The highest BCUT2D eigenvalue weighted by Gasteiger charge is 2.20. The van der Waals surface area contributed by atoms with Gasteiger partial charge in [-0.3, -0.25) is 0 Å². The summed E-state index contributed by atoms with van der Waals surface area (Å²) in [6, 6.07) is 7.48. The Labute approximate surface area is 91.9 Å². The first-order valence-electron chi connectivity index (χ1n) is 5.73. The largest absolute Gasteiger partial charge is 0.328 e. The second-order valence-electron chi connectivity index (χ2n) is 4.65. The van der Waals surface area contributed by atoms with Crippen LogP contribution in [0.25, 0.3) is 0 Å². The summed E-state index contributed by atoms with van der Waals surface area (Å²) < 4.78 is 0. The molecular weight excluding hydrogens is 184 g/mol. The van der Waals surface area contributed by atoms with Crippen LogP contribution in [0.15, 0.2) is 18.2 Å². The summed E-state index contributed by atoms with van der Waals surface area (Å²) in [7, 11) is 0. The molecule has 2 heteroatoms. The predicted molar refractivity (Wildman–Crippen MR) is 63.9 cm³/mol. The van der Waals surface area contributed by atoms with Crippen molar-refractivity contribution in [2.75, 3.05) is 6.54 Å². The van der Waals surface area contributed by atoms with Crippen molar-refractivity contribution < 1.29 is 0 Å². The van der Waals surface area contributed by atoms with E-state index in [-0.39, 0.29) is 0 Å². The van der Waals surface area contributed by atoms with Crippen LogP contribution >= 0.6 is 0 Å². The van der Waals surface area contributed by atoms with Gasteiger partial charge in [-0.25, -0.2) is 0 Å². The molecule has 1 saturated heterocycles. The Morgan fingerprint density at radius 1 is 1.33 bits per heavy atom. The number of nitrogens with two attached hydrogens (primary N) is 1. The molecule has 0 aromatic heterocycles. The van der Waals surface area contributed by atoms with E-state index in [0.717, 1.165) is 19.4 Å². The third-order valence-electron chi connectivity index (χ3n) is 3.25. The Balaban J connectivity index is 2.21. The normalized spacial score (nSPS) is 26.6. The number of rotatable bonds is 1. The van der Waals surface area contributed by atoms with Gasteiger partial charge in [-0.2, -0.15) is 0 Å². The summed E-state index contributed by atoms with van der Waals surface area (Å²) in [5, 5.41) is 3.55. The highest BCUT2D eigenvalue weighted by Crippen LogP contribution is 2.25. The lowest BCUT2D eigenvalue weighted by molar-refractivity contribution is 0.368. The molecule has 0 unspecified atom stereocenters. The molecule has 2 atom stereocenters. The fourth-order valence-electron chi connectivity index (χ4n) is 2.40. The van der Waals surface area contributed by atoms with Crippen molar-refractivity contribution >= 4 is 0 Å². The van der Waals surface area contributed by atoms with Gasteiger partial charge in [0.15, 0.2) is 0 Å². The lowest BCUT2D eigenvalue weighted by atomic mass is 9.91. The van der Waals surface area contributed by atoms with E-state index in [1.807, 2.05) is 0 Å². The van der Waals surface area contributed by atoms with E-state index in [0.29, 0.717) is 12.1 Å². The van der Waals surface area contributed by atoms with E-state index in [9.17, 15) is 0 Å². The molecule has 1 aromatic carbocycles. The molecule has 15 heavy (non-hydrogen) atoms. The van der Waals surface area contributed by atoms with E-state index in [2.05, 4.69) is 37.4 Å². The third-order valence-corrected chi connectivity index (χ3v) is 3.25. The van der Waals surface area contributed by atoms with E-state index >= 15 is 0 Å². The van der Waals surface area contributed by atoms with Gasteiger partial charge in [0.1, 0.15) is 0 Å². The molecule has 0 amide bonds. The first kappa shape index (κ1) is 10.7. The van der Waals surface area contributed by atoms with Gasteiger partial charge in [-0.1, -0.05) is 23.8 Å². The Hall–Kier alpha value is -0.860. The first-order chi connectivity index (χ1) is 7.16. The molecule has 1 aliphatic rings. The first-order valence-corrected chi connectivity index (χ1v) is 5.73. The number of piperidine rings is 1. The lowest BCUT2D eigenvalue weighted by Crippen LogP contribution is -2.38. The van der Waals surface area contributed by atoms with Crippen LogP contribution < -0.4 is 11.1 Å². The van der Waals surface area contributed by atoms with Crippen LogP contribution in [0, 0.1) is 13.8 Å². The number of benzene rings is 1. The second-order valence-corrected chi connectivity index (χ2v) is 4.65. The fourth-order valence-corrected chi connectivity index (χ4v) is 2.40. The van der Waals surface area contributed by atoms with Gasteiger partial charge in [-0.05, 0) is 44.4 Å². The van der Waals surface area contributed by atoms with Crippen molar-refractivity contribution in [3.05, 3.63) is 34.9 Å². The van der Waals surface area contributed by atoms with Gasteiger partial charge < -0.3 is 11.1 Å². The Kier molecular flexibility index (Phi) is 3.08. The Bertz CT molecular complexity index is 346. The molecule has 1 fully saturated rings. The molecule has 0 radical (unpaired) electrons. The van der Waals surface area contributed by atoms with Gasteiger partial charge in [-0.15, -0.1) is 0 Å². The van der Waals surface area contributed by atoms with Crippen molar-refractivity contribution in [3.8, 4) is 0 Å². The molecule has 2 rings (SSSR count). The lowest BCUT2D eigenvalue weighted by Gasteiger charge is -2.29. The molecule has 0 bridgehead atoms. The Morgan fingerprint density at radius 3 is 2.80 bits per heavy atom. The van der Waals surface area contributed by atoms with Crippen molar-refractivity contribution in [3.63, 3.8) is 0 Å². The van der Waals surface area contributed by atoms with Crippen molar-refractivity contribution in [2.24, 2.45) is 5.73 Å². The van der Waals surface area contributed by atoms with Crippen LogP contribution in [0.2, 0.25) is 0 Å². The molecule has 1 aliphatic heterocycles. The van der Waals surface area contributed by atoms with Crippen molar-refractivity contribution in [1.29, 1.82) is 0 Å². The monoisotopic (exact) mass is 204 g/mol. The second kappa shape index (κ2) is 4.33. The van der Waals surface area contributed by atoms with Crippen molar-refractivity contribution in [2.45, 2.75) is 38.8 Å². The van der Waals surface area contributed by atoms with E-state index in [1.54, 1.807) is 0 Å². The minimum atomic E-state index is 0.358. The highest BCUT2D eigenvalue weighted by molar-refractivity contribution is 5.33. The number of aryl methyl sites for hydroxylation is 2. The van der Waals surface area contributed by atoms with Gasteiger partial charge in [0, 0.05) is 12.1 Å². The minimum absolute atomic E-state index is 0.358. The van der Waals surface area contributed by atoms with Gasteiger partial charge in [0.25, 0.3) is 0 Å². The topological polar surface area (TPSA) is 38.0 Å². The maximum absolute atomic E-state index is 6.00. The molecule has 1 aromatic rings. The van der Waals surface area contributed by atoms with Crippen LogP contribution in [0.4, 0.5) is 0 Å². The standard InChI is InChI=1S/C13H20N2/c1-9-3-4-12(10(2)7-9)13-8-11(14)5-6-15-13/h3-4,7,11,13,15H,5-6,8,14H2,1-2H3/t11-,13-/m0/s1. The zero-order valence-electron chi connectivity index (χ0n) is 9.59. The quantitative estimate of drug-likeness (QED) is 0.735. The molecule has 3 N–H and O–H groups in total. The maximum Gasteiger partial charge on any atom is 0.0337 e. The van der Waals surface area contributed by atoms with Crippen molar-refractivity contribution in [1.82, 2.24) is 5.32 Å². The fraction of sp³-hybridized carbons (Fsp3) is 0.538. The zero-order chi connectivity index (χ0) is 10.8. The summed E-state index contributed by atoms with van der Waals surface area (Å²) >= 11 is 0. The summed E-state index contributed by atoms with van der Waals surface area (Å²) in [5.41, 5.74) is 10.1. The van der Waals surface area contributed by atoms with Crippen LogP contribution in [0.1, 0.15) is 35.6 Å². The van der Waals surface area contributed by atoms with Gasteiger partial charge in [0.05, 0.1) is 0 Å². The van der Waals surface area contributed by atoms with Crippen LogP contribution in [-0.4, -0.2) is 12.6 Å². The SMILES string of the molecule is Cc1ccc([C@@H]2C[C@@H](N)CCN2)c(C)c1. The molecular formula is C13H20N2. The third kappa shape index (κ3) is 2.39. The highest BCUT2D eigenvalue weighted by atomic mass is 14.9. The molecule has 0 spiro atoms. The van der Waals surface area contributed by atoms with Crippen LogP contribution in [-0.2, 0) is 0 Å². The summed E-state index contributed by atoms with van der Waals surface area (Å²) in [6.07, 6.45) is 2.16. The molecule has 2 nitrogen and oxygen atoms in total. The zero-order valence-corrected chi connectivity index (χ0v) is 9.59. The van der Waals surface area contributed by atoms with Crippen LogP contribution in [0.5, 0.6) is 0 Å². The molecule has 82 valence electrons. The Morgan fingerprint density at radius 2 is 2.13 bits per heavy atom. The molecule has 0 aliphatic carbocycles. The van der Waals surface area contributed by atoms with Gasteiger partial charge >= 0.3 is 0 Å². The number of hydrogen-bond acceptors (Lipinski definition) is 2. The molecule has 0 saturated carbocycles. The van der Waals surface area contributed by atoms with Gasteiger partial charge in [0.2, 0.25) is 0 Å². The minimum Gasteiger partial charge on any atom is -0.328 e. The average Bonchev–Trinajstić information content (AvgIpc) is 2.17. The smallest absolute Gasteiger partial charge is 0.0337 e. The maximum atomic E-state index is 6.00. The summed E-state index contributed by atoms with van der Waals surface area (Å²) in [4.78, 5) is 0. The summed E-state index contributed by atoms with van der Waals surface area (Å²) in [6.45, 7) is 5.36. The van der Waals surface area contributed by atoms with Crippen LogP contribution in [0.3, 0.4) is 0 Å².